The summed E-state index contributed by atoms with van der Waals surface area (Å²) in [6, 6.07) is 0.552. The summed E-state index contributed by atoms with van der Waals surface area (Å²) < 4.78 is 27.2. The number of halogens is 1. The molecule has 2 aliphatic rings. The minimum absolute atomic E-state index is 0. The zero-order valence-electron chi connectivity index (χ0n) is 11.7. The fourth-order valence-corrected chi connectivity index (χ4v) is 4.98. The minimum Gasteiger partial charge on any atom is -0.314 e. The van der Waals surface area contributed by atoms with Gasteiger partial charge in [0.05, 0.1) is 5.75 Å². The predicted molar refractivity (Wildman–Crippen MR) is 81.2 cm³/mol. The first-order valence-corrected chi connectivity index (χ1v) is 8.94. The average molecular weight is 311 g/mol. The van der Waals surface area contributed by atoms with Gasteiger partial charge in [0, 0.05) is 12.1 Å². The Bertz CT molecular complexity index is 356. The number of hydrogen-bond acceptors (Lipinski definition) is 3. The first kappa shape index (κ1) is 17.2. The van der Waals surface area contributed by atoms with E-state index < -0.39 is 10.0 Å². The van der Waals surface area contributed by atoms with Gasteiger partial charge < -0.3 is 5.32 Å². The Morgan fingerprint density at radius 3 is 2.47 bits per heavy atom. The molecule has 114 valence electrons. The van der Waals surface area contributed by atoms with Crippen LogP contribution in [0.3, 0.4) is 0 Å². The van der Waals surface area contributed by atoms with E-state index in [1.807, 2.05) is 0 Å². The summed E-state index contributed by atoms with van der Waals surface area (Å²) >= 11 is 0. The molecule has 1 aliphatic carbocycles. The highest BCUT2D eigenvalue weighted by Crippen LogP contribution is 2.25. The van der Waals surface area contributed by atoms with Gasteiger partial charge in [-0.05, 0) is 45.1 Å². The molecule has 1 heterocycles. The molecule has 1 saturated carbocycles. The largest absolute Gasteiger partial charge is 0.314 e. The van der Waals surface area contributed by atoms with Crippen LogP contribution in [0.2, 0.25) is 0 Å². The Labute approximate surface area is 123 Å². The summed E-state index contributed by atoms with van der Waals surface area (Å²) in [4.78, 5) is 0. The van der Waals surface area contributed by atoms with E-state index in [1.54, 1.807) is 0 Å². The van der Waals surface area contributed by atoms with Gasteiger partial charge in [0.2, 0.25) is 10.0 Å². The van der Waals surface area contributed by atoms with Gasteiger partial charge >= 0.3 is 0 Å². The summed E-state index contributed by atoms with van der Waals surface area (Å²) in [5.41, 5.74) is 0. The smallest absolute Gasteiger partial charge is 0.212 e. The third-order valence-electron chi connectivity index (χ3n) is 4.15. The summed E-state index contributed by atoms with van der Waals surface area (Å²) in [7, 11) is -3.08. The molecule has 0 spiro atoms. The lowest BCUT2D eigenvalue weighted by molar-refractivity contribution is 0.356. The molecular formula is C13H27ClN2O2S. The first-order chi connectivity index (χ1) is 8.55. The van der Waals surface area contributed by atoms with Crippen LogP contribution in [0.25, 0.3) is 0 Å². The SMILES string of the molecule is CC1CC(NS(=O)(=O)CC2CCCCC2)CCN1.Cl. The molecule has 2 atom stereocenters. The molecule has 0 amide bonds. The molecule has 0 radical (unpaired) electrons. The Morgan fingerprint density at radius 1 is 1.16 bits per heavy atom. The van der Waals surface area contributed by atoms with Crippen LogP contribution in [0, 0.1) is 5.92 Å². The maximum Gasteiger partial charge on any atom is 0.212 e. The van der Waals surface area contributed by atoms with E-state index in [4.69, 9.17) is 0 Å². The lowest BCUT2D eigenvalue weighted by Crippen LogP contribution is -2.47. The minimum atomic E-state index is -3.08. The monoisotopic (exact) mass is 310 g/mol. The molecule has 2 N–H and O–H groups in total. The zero-order valence-corrected chi connectivity index (χ0v) is 13.4. The Balaban J connectivity index is 0.00000180. The van der Waals surface area contributed by atoms with Crippen molar-refractivity contribution in [3.63, 3.8) is 0 Å². The second-order valence-corrected chi connectivity index (χ2v) is 7.78. The van der Waals surface area contributed by atoms with Gasteiger partial charge in [-0.2, -0.15) is 0 Å². The molecule has 0 aromatic carbocycles. The maximum absolute atomic E-state index is 12.1. The molecule has 1 aliphatic heterocycles. The third kappa shape index (κ3) is 5.98. The van der Waals surface area contributed by atoms with Crippen LogP contribution >= 0.6 is 12.4 Å². The number of nitrogens with one attached hydrogen (secondary N) is 2. The normalized spacial score (nSPS) is 29.7. The average Bonchev–Trinajstić information content (AvgIpc) is 2.28. The quantitative estimate of drug-likeness (QED) is 0.835. The van der Waals surface area contributed by atoms with Gasteiger partial charge in [-0.25, -0.2) is 13.1 Å². The van der Waals surface area contributed by atoms with Gasteiger partial charge in [0.25, 0.3) is 0 Å². The van der Waals surface area contributed by atoms with Crippen molar-refractivity contribution in [3.8, 4) is 0 Å². The van der Waals surface area contributed by atoms with Crippen LogP contribution in [-0.4, -0.2) is 32.8 Å². The molecule has 0 aromatic rings. The lowest BCUT2D eigenvalue weighted by atomic mass is 9.91. The summed E-state index contributed by atoms with van der Waals surface area (Å²) in [5.74, 6) is 0.723. The van der Waals surface area contributed by atoms with Crippen LogP contribution in [0.4, 0.5) is 0 Å². The van der Waals surface area contributed by atoms with Crippen molar-refractivity contribution < 1.29 is 8.42 Å². The van der Waals surface area contributed by atoms with E-state index in [9.17, 15) is 8.42 Å². The Hall–Kier alpha value is 0.160. The number of rotatable bonds is 4. The summed E-state index contributed by atoms with van der Waals surface area (Å²) in [6.45, 7) is 3.03. The van der Waals surface area contributed by atoms with Gasteiger partial charge in [-0.1, -0.05) is 19.3 Å². The molecule has 2 fully saturated rings. The van der Waals surface area contributed by atoms with Gasteiger partial charge in [0.15, 0.2) is 0 Å². The maximum atomic E-state index is 12.1. The Morgan fingerprint density at radius 2 is 1.84 bits per heavy atom. The van der Waals surface area contributed by atoms with Gasteiger partial charge in [-0.15, -0.1) is 12.4 Å². The van der Waals surface area contributed by atoms with Crippen LogP contribution in [0.15, 0.2) is 0 Å². The molecule has 2 rings (SSSR count). The second kappa shape index (κ2) is 7.81. The fraction of sp³-hybridized carbons (Fsp3) is 1.00. The van der Waals surface area contributed by atoms with Crippen molar-refractivity contribution in [3.05, 3.63) is 0 Å². The van der Waals surface area contributed by atoms with Crippen molar-refractivity contribution in [1.82, 2.24) is 10.0 Å². The highest BCUT2D eigenvalue weighted by Gasteiger charge is 2.26. The van der Waals surface area contributed by atoms with Gasteiger partial charge in [-0.3, -0.25) is 0 Å². The standard InChI is InChI=1S/C13H26N2O2S.ClH/c1-11-9-13(7-8-14-11)15-18(16,17)10-12-5-3-2-4-6-12;/h11-15H,2-10H2,1H3;1H. The molecule has 1 saturated heterocycles. The number of sulfonamides is 1. The highest BCUT2D eigenvalue weighted by molar-refractivity contribution is 7.89. The molecule has 0 aromatic heterocycles. The third-order valence-corrected chi connectivity index (χ3v) is 5.75. The van der Waals surface area contributed by atoms with Crippen molar-refractivity contribution >= 4 is 22.4 Å². The molecule has 4 nitrogen and oxygen atoms in total. The van der Waals surface area contributed by atoms with E-state index >= 15 is 0 Å². The molecule has 6 heteroatoms. The van der Waals surface area contributed by atoms with Crippen LogP contribution < -0.4 is 10.0 Å². The highest BCUT2D eigenvalue weighted by atomic mass is 35.5. The van der Waals surface area contributed by atoms with Crippen LogP contribution in [-0.2, 0) is 10.0 Å². The number of piperidine rings is 1. The molecule has 2 unspecified atom stereocenters. The van der Waals surface area contributed by atoms with E-state index in [1.165, 1.54) is 19.3 Å². The Kier molecular flexibility index (Phi) is 7.08. The summed E-state index contributed by atoms with van der Waals surface area (Å²) in [6.07, 6.45) is 7.66. The first-order valence-electron chi connectivity index (χ1n) is 7.28. The van der Waals surface area contributed by atoms with Gasteiger partial charge in [0.1, 0.15) is 0 Å². The topological polar surface area (TPSA) is 58.2 Å². The lowest BCUT2D eigenvalue weighted by Gasteiger charge is -2.29. The summed E-state index contributed by atoms with van der Waals surface area (Å²) in [5, 5.41) is 3.34. The van der Waals surface area contributed by atoms with E-state index in [2.05, 4.69) is 17.0 Å². The zero-order chi connectivity index (χ0) is 13.0. The van der Waals surface area contributed by atoms with E-state index in [0.29, 0.717) is 17.7 Å². The van der Waals surface area contributed by atoms with Crippen molar-refractivity contribution in [2.45, 2.75) is 64.0 Å². The van der Waals surface area contributed by atoms with Crippen molar-refractivity contribution in [2.24, 2.45) is 5.92 Å². The van der Waals surface area contributed by atoms with E-state index in [0.717, 1.165) is 32.2 Å². The van der Waals surface area contributed by atoms with Crippen molar-refractivity contribution in [2.75, 3.05) is 12.3 Å². The van der Waals surface area contributed by atoms with Crippen molar-refractivity contribution in [1.29, 1.82) is 0 Å². The molecule has 0 bridgehead atoms. The fourth-order valence-electron chi connectivity index (χ4n) is 3.21. The predicted octanol–water partition coefficient (Wildman–Crippen LogP) is 2.05. The van der Waals surface area contributed by atoms with Crippen LogP contribution in [0.5, 0.6) is 0 Å². The second-order valence-electron chi connectivity index (χ2n) is 5.98. The van der Waals surface area contributed by atoms with E-state index in [-0.39, 0.29) is 18.4 Å². The molecular weight excluding hydrogens is 284 g/mol. The number of hydrogen-bond donors (Lipinski definition) is 2. The van der Waals surface area contributed by atoms with Crippen LogP contribution in [0.1, 0.15) is 51.9 Å². The molecule has 19 heavy (non-hydrogen) atoms.